The molecule has 0 bridgehead atoms. The number of anilines is 1. The van der Waals surface area contributed by atoms with E-state index in [0.29, 0.717) is 60.2 Å². The van der Waals surface area contributed by atoms with Crippen molar-refractivity contribution in [3.8, 4) is 5.75 Å². The number of piperidine rings is 1. The van der Waals surface area contributed by atoms with E-state index in [1.54, 1.807) is 33.8 Å². The summed E-state index contributed by atoms with van der Waals surface area (Å²) < 4.78 is 30.7. The summed E-state index contributed by atoms with van der Waals surface area (Å²) in [6.07, 6.45) is 1.52. The molecule has 11 heteroatoms. The number of rotatable bonds is 5. The molecule has 2 aliphatic rings. The van der Waals surface area contributed by atoms with Crippen LogP contribution < -0.4 is 10.1 Å². The average molecular weight is 495 g/mol. The van der Waals surface area contributed by atoms with Gasteiger partial charge in [-0.3, -0.25) is 9.59 Å². The summed E-state index contributed by atoms with van der Waals surface area (Å²) >= 11 is 6.06. The van der Waals surface area contributed by atoms with Gasteiger partial charge >= 0.3 is 0 Å². The van der Waals surface area contributed by atoms with Gasteiger partial charge in [-0.2, -0.15) is 5.10 Å². The number of nitrogens with zero attached hydrogens (tertiary/aromatic N) is 3. The van der Waals surface area contributed by atoms with Crippen molar-refractivity contribution in [2.45, 2.75) is 32.2 Å². The van der Waals surface area contributed by atoms with Crippen LogP contribution in [-0.2, 0) is 14.6 Å². The van der Waals surface area contributed by atoms with Gasteiger partial charge < -0.3 is 15.0 Å². The number of halogens is 1. The highest BCUT2D eigenvalue weighted by molar-refractivity contribution is 7.91. The standard InChI is InChI=1S/C22H27ClN4O5S/c1-14-11-20(27(25-14)17-7-10-33(30,31)13-17)24-21(28)15-5-8-26(9-6-15)22(29)18-12-16(23)3-4-19(18)32-2/h3-4,11-12,15,17H,5-10,13H2,1-2H3,(H,24,28). The van der Waals surface area contributed by atoms with Gasteiger partial charge in [0.1, 0.15) is 11.6 Å². The van der Waals surface area contributed by atoms with Crippen molar-refractivity contribution in [2.24, 2.45) is 5.92 Å². The molecule has 2 aliphatic heterocycles. The van der Waals surface area contributed by atoms with Gasteiger partial charge in [-0.15, -0.1) is 0 Å². The third kappa shape index (κ3) is 5.16. The number of benzene rings is 1. The number of hydrogen-bond acceptors (Lipinski definition) is 6. The fourth-order valence-electron chi connectivity index (χ4n) is 4.45. The molecule has 0 radical (unpaired) electrons. The number of aromatic nitrogens is 2. The Morgan fingerprint density at radius 2 is 1.91 bits per heavy atom. The molecular weight excluding hydrogens is 468 g/mol. The van der Waals surface area contributed by atoms with Crippen molar-refractivity contribution in [3.05, 3.63) is 40.5 Å². The first-order valence-corrected chi connectivity index (χ1v) is 13.1. The van der Waals surface area contributed by atoms with Crippen LogP contribution in [0, 0.1) is 12.8 Å². The SMILES string of the molecule is COc1ccc(Cl)cc1C(=O)N1CCC(C(=O)Nc2cc(C)nn2C2CCS(=O)(=O)C2)CC1. The van der Waals surface area contributed by atoms with Gasteiger partial charge in [-0.1, -0.05) is 11.6 Å². The summed E-state index contributed by atoms with van der Waals surface area (Å²) in [5.74, 6) is 0.557. The minimum Gasteiger partial charge on any atom is -0.496 e. The minimum atomic E-state index is -3.07. The lowest BCUT2D eigenvalue weighted by Gasteiger charge is -2.31. The highest BCUT2D eigenvalue weighted by atomic mass is 35.5. The van der Waals surface area contributed by atoms with E-state index in [0.717, 1.165) is 0 Å². The number of aryl methyl sites for hydroxylation is 1. The van der Waals surface area contributed by atoms with Gasteiger partial charge in [-0.05, 0) is 44.4 Å². The maximum Gasteiger partial charge on any atom is 0.257 e. The Labute approximate surface area is 198 Å². The lowest BCUT2D eigenvalue weighted by atomic mass is 9.95. The largest absolute Gasteiger partial charge is 0.496 e. The van der Waals surface area contributed by atoms with Gasteiger partial charge in [0.15, 0.2) is 9.84 Å². The van der Waals surface area contributed by atoms with E-state index in [9.17, 15) is 18.0 Å². The lowest BCUT2D eigenvalue weighted by molar-refractivity contribution is -0.121. The third-order valence-corrected chi connectivity index (χ3v) is 8.19. The Morgan fingerprint density at radius 3 is 2.55 bits per heavy atom. The molecule has 4 rings (SSSR count). The third-order valence-electron chi connectivity index (χ3n) is 6.21. The number of hydrogen-bond donors (Lipinski definition) is 1. The minimum absolute atomic E-state index is 0.0322. The predicted octanol–water partition coefficient (Wildman–Crippen LogP) is 2.70. The highest BCUT2D eigenvalue weighted by Crippen LogP contribution is 2.29. The van der Waals surface area contributed by atoms with Gasteiger partial charge in [0, 0.05) is 30.1 Å². The lowest BCUT2D eigenvalue weighted by Crippen LogP contribution is -2.41. The normalized spacial score (nSPS) is 20.6. The van der Waals surface area contributed by atoms with Crippen LogP contribution in [0.25, 0.3) is 0 Å². The Bertz CT molecular complexity index is 1170. The first kappa shape index (κ1) is 23.6. The number of carbonyl (C=O) groups excluding carboxylic acids is 2. The number of methoxy groups -OCH3 is 1. The second-order valence-electron chi connectivity index (χ2n) is 8.57. The van der Waals surface area contributed by atoms with Crippen molar-refractivity contribution in [2.75, 3.05) is 37.0 Å². The Kier molecular flexibility index (Phi) is 6.67. The van der Waals surface area contributed by atoms with Crippen molar-refractivity contribution in [1.82, 2.24) is 14.7 Å². The molecule has 0 saturated carbocycles. The summed E-state index contributed by atoms with van der Waals surface area (Å²) in [5, 5.41) is 7.80. The van der Waals surface area contributed by atoms with Gasteiger partial charge in [-0.25, -0.2) is 13.1 Å². The van der Waals surface area contributed by atoms with Gasteiger partial charge in [0.25, 0.3) is 5.91 Å². The van der Waals surface area contributed by atoms with Crippen LogP contribution in [0.2, 0.25) is 5.02 Å². The molecule has 0 aliphatic carbocycles. The maximum absolute atomic E-state index is 13.0. The summed E-state index contributed by atoms with van der Waals surface area (Å²) in [7, 11) is -1.57. The molecule has 1 atom stereocenters. The fraction of sp³-hybridized carbons (Fsp3) is 0.500. The zero-order valence-corrected chi connectivity index (χ0v) is 20.2. The molecule has 33 heavy (non-hydrogen) atoms. The van der Waals surface area contributed by atoms with Crippen LogP contribution >= 0.6 is 11.6 Å². The number of sulfone groups is 1. The summed E-state index contributed by atoms with van der Waals surface area (Å²) in [5.41, 5.74) is 1.12. The topological polar surface area (TPSA) is 111 Å². The molecule has 9 nitrogen and oxygen atoms in total. The molecule has 2 amide bonds. The summed E-state index contributed by atoms with van der Waals surface area (Å²) in [4.78, 5) is 27.6. The first-order valence-electron chi connectivity index (χ1n) is 10.9. The number of ether oxygens (including phenoxy) is 1. The average Bonchev–Trinajstić information content (AvgIpc) is 3.34. The molecule has 2 aromatic rings. The van der Waals surface area contributed by atoms with E-state index < -0.39 is 9.84 Å². The number of amides is 2. The van der Waals surface area contributed by atoms with Crippen molar-refractivity contribution < 1.29 is 22.7 Å². The molecule has 1 aromatic heterocycles. The zero-order valence-electron chi connectivity index (χ0n) is 18.6. The molecule has 2 saturated heterocycles. The number of nitrogens with one attached hydrogen (secondary N) is 1. The van der Waals surface area contributed by atoms with Crippen LogP contribution in [0.3, 0.4) is 0 Å². The van der Waals surface area contributed by atoms with Crippen LogP contribution in [0.1, 0.15) is 41.4 Å². The predicted molar refractivity (Wildman–Crippen MR) is 125 cm³/mol. The first-order chi connectivity index (χ1) is 15.7. The molecule has 1 N–H and O–H groups in total. The second kappa shape index (κ2) is 9.34. The monoisotopic (exact) mass is 494 g/mol. The van der Waals surface area contributed by atoms with Crippen molar-refractivity contribution >= 4 is 39.1 Å². The second-order valence-corrected chi connectivity index (χ2v) is 11.2. The Balaban J connectivity index is 1.39. The number of likely N-dealkylation sites (tertiary alicyclic amines) is 1. The van der Waals surface area contributed by atoms with E-state index in [1.165, 1.54) is 7.11 Å². The van der Waals surface area contributed by atoms with Crippen LogP contribution in [-0.4, -0.2) is 66.6 Å². The Hall–Kier alpha value is -2.59. The van der Waals surface area contributed by atoms with E-state index in [4.69, 9.17) is 16.3 Å². The van der Waals surface area contributed by atoms with E-state index >= 15 is 0 Å². The van der Waals surface area contributed by atoms with Crippen LogP contribution in [0.15, 0.2) is 24.3 Å². The van der Waals surface area contributed by atoms with Crippen LogP contribution in [0.4, 0.5) is 5.82 Å². The Morgan fingerprint density at radius 1 is 1.18 bits per heavy atom. The van der Waals surface area contributed by atoms with Crippen molar-refractivity contribution in [1.29, 1.82) is 0 Å². The quantitative estimate of drug-likeness (QED) is 0.684. The van der Waals surface area contributed by atoms with E-state index in [1.807, 2.05) is 6.92 Å². The molecule has 0 spiro atoms. The molecule has 178 valence electrons. The van der Waals surface area contributed by atoms with E-state index in [-0.39, 0.29) is 35.3 Å². The smallest absolute Gasteiger partial charge is 0.257 e. The summed E-state index contributed by atoms with van der Waals surface area (Å²) in [6.45, 7) is 2.68. The van der Waals surface area contributed by atoms with Gasteiger partial charge in [0.2, 0.25) is 5.91 Å². The molecule has 1 aromatic carbocycles. The van der Waals surface area contributed by atoms with E-state index in [2.05, 4.69) is 10.4 Å². The summed E-state index contributed by atoms with van der Waals surface area (Å²) in [6, 6.07) is 6.41. The number of carbonyl (C=O) groups is 2. The molecule has 1 unspecified atom stereocenters. The van der Waals surface area contributed by atoms with Crippen LogP contribution in [0.5, 0.6) is 5.75 Å². The zero-order chi connectivity index (χ0) is 23.8. The molecule has 3 heterocycles. The highest BCUT2D eigenvalue weighted by Gasteiger charge is 2.33. The van der Waals surface area contributed by atoms with Gasteiger partial charge in [0.05, 0.1) is 35.9 Å². The maximum atomic E-state index is 13.0. The fourth-order valence-corrected chi connectivity index (χ4v) is 6.31. The molecular formula is C22H27ClN4O5S. The molecule has 2 fully saturated rings. The van der Waals surface area contributed by atoms with Crippen molar-refractivity contribution in [3.63, 3.8) is 0 Å².